The summed E-state index contributed by atoms with van der Waals surface area (Å²) in [5, 5.41) is 3.60. The summed E-state index contributed by atoms with van der Waals surface area (Å²) in [5.41, 5.74) is 2.08. The molecular formula is C27H36N4O4S2. The lowest BCUT2D eigenvalue weighted by Crippen LogP contribution is -2.41. The van der Waals surface area contributed by atoms with Crippen LogP contribution in [0.4, 0.5) is 5.00 Å². The van der Waals surface area contributed by atoms with E-state index in [1.807, 2.05) is 11.8 Å². The van der Waals surface area contributed by atoms with Crippen LogP contribution >= 0.6 is 11.3 Å². The van der Waals surface area contributed by atoms with Gasteiger partial charge in [-0.1, -0.05) is 13.3 Å². The molecule has 2 aromatic rings. The molecule has 0 radical (unpaired) electrons. The van der Waals surface area contributed by atoms with Crippen LogP contribution in [0.2, 0.25) is 0 Å². The summed E-state index contributed by atoms with van der Waals surface area (Å²) >= 11 is 1.49. The summed E-state index contributed by atoms with van der Waals surface area (Å²) in [5.74, 6) is -0.330. The van der Waals surface area contributed by atoms with Crippen molar-refractivity contribution in [2.24, 2.45) is 0 Å². The summed E-state index contributed by atoms with van der Waals surface area (Å²) in [6.07, 6.45) is 5.58. The molecule has 0 aliphatic carbocycles. The van der Waals surface area contributed by atoms with Gasteiger partial charge in [-0.3, -0.25) is 14.5 Å². The molecule has 3 aliphatic rings. The SMILES string of the molecule is CCN1CCc2c(sc(NC(=O)c3ccc(S(=O)(=O)N4CCCCC4C)cc3)c2C(=O)N2CCCC2)C1. The van der Waals surface area contributed by atoms with E-state index in [0.717, 1.165) is 81.7 Å². The van der Waals surface area contributed by atoms with Gasteiger partial charge in [0.15, 0.2) is 0 Å². The minimum absolute atomic E-state index is 0.00680. The molecule has 1 aromatic carbocycles. The highest BCUT2D eigenvalue weighted by Gasteiger charge is 2.33. The Kier molecular flexibility index (Phi) is 7.72. The van der Waals surface area contributed by atoms with Crippen molar-refractivity contribution in [3.05, 3.63) is 45.8 Å². The van der Waals surface area contributed by atoms with Crippen LogP contribution in [0.3, 0.4) is 0 Å². The molecule has 3 aliphatic heterocycles. The smallest absolute Gasteiger partial charge is 0.257 e. The third-order valence-electron chi connectivity index (χ3n) is 7.88. The van der Waals surface area contributed by atoms with Crippen molar-refractivity contribution in [1.29, 1.82) is 0 Å². The van der Waals surface area contributed by atoms with E-state index in [4.69, 9.17) is 0 Å². The van der Waals surface area contributed by atoms with Gasteiger partial charge in [-0.15, -0.1) is 11.3 Å². The summed E-state index contributed by atoms with van der Waals surface area (Å²) in [6, 6.07) is 6.12. The molecule has 1 N–H and O–H groups in total. The number of carbonyl (C=O) groups is 2. The van der Waals surface area contributed by atoms with Gasteiger partial charge in [0.2, 0.25) is 10.0 Å². The topological polar surface area (TPSA) is 90.0 Å². The van der Waals surface area contributed by atoms with E-state index in [1.165, 1.54) is 23.5 Å². The van der Waals surface area contributed by atoms with Gasteiger partial charge < -0.3 is 10.2 Å². The number of carbonyl (C=O) groups excluding carboxylic acids is 2. The van der Waals surface area contributed by atoms with Crippen LogP contribution in [0, 0.1) is 0 Å². The lowest BCUT2D eigenvalue weighted by molar-refractivity contribution is 0.0792. The normalized spacial score (nSPS) is 21.1. The number of sulfonamides is 1. The molecule has 5 rings (SSSR count). The molecule has 1 unspecified atom stereocenters. The van der Waals surface area contributed by atoms with Gasteiger partial charge in [0.25, 0.3) is 11.8 Å². The standard InChI is InChI=1S/C27H36N4O4S2/c1-3-29-17-13-22-23(18-29)36-26(24(22)27(33)30-14-6-7-15-30)28-25(32)20-9-11-21(12-10-20)37(34,35)31-16-5-4-8-19(31)2/h9-12,19H,3-8,13-18H2,1-2H3,(H,28,32). The second kappa shape index (κ2) is 10.8. The molecule has 0 bridgehead atoms. The average molecular weight is 545 g/mol. The molecule has 2 saturated heterocycles. The molecule has 2 amide bonds. The number of rotatable bonds is 6. The highest BCUT2D eigenvalue weighted by molar-refractivity contribution is 7.89. The minimum atomic E-state index is -3.60. The first-order chi connectivity index (χ1) is 17.8. The van der Waals surface area contributed by atoms with Crippen LogP contribution < -0.4 is 5.32 Å². The first kappa shape index (κ1) is 26.3. The van der Waals surface area contributed by atoms with Crippen molar-refractivity contribution in [2.45, 2.75) is 69.9 Å². The number of fused-ring (bicyclic) bond motifs is 1. The maximum absolute atomic E-state index is 13.5. The van der Waals surface area contributed by atoms with Crippen LogP contribution in [-0.2, 0) is 23.0 Å². The van der Waals surface area contributed by atoms with Crippen LogP contribution in [0.5, 0.6) is 0 Å². The Bertz CT molecular complexity index is 1270. The molecule has 0 saturated carbocycles. The van der Waals surface area contributed by atoms with Gasteiger partial charge in [0.1, 0.15) is 5.00 Å². The van der Waals surface area contributed by atoms with E-state index in [1.54, 1.807) is 16.4 Å². The quantitative estimate of drug-likeness (QED) is 0.589. The molecule has 2 fully saturated rings. The number of hydrogen-bond acceptors (Lipinski definition) is 6. The third kappa shape index (κ3) is 5.21. The number of benzene rings is 1. The number of hydrogen-bond donors (Lipinski definition) is 1. The van der Waals surface area contributed by atoms with E-state index >= 15 is 0 Å². The van der Waals surface area contributed by atoms with E-state index in [9.17, 15) is 18.0 Å². The summed E-state index contributed by atoms with van der Waals surface area (Å²) < 4.78 is 27.9. The number of nitrogens with one attached hydrogen (secondary N) is 1. The molecule has 4 heterocycles. The van der Waals surface area contributed by atoms with E-state index < -0.39 is 10.0 Å². The summed E-state index contributed by atoms with van der Waals surface area (Å²) in [6.45, 7) is 8.74. The predicted molar refractivity (Wildman–Crippen MR) is 146 cm³/mol. The Morgan fingerprint density at radius 1 is 1.03 bits per heavy atom. The zero-order valence-electron chi connectivity index (χ0n) is 21.7. The van der Waals surface area contributed by atoms with Crippen LogP contribution in [0.1, 0.15) is 77.1 Å². The molecule has 1 aromatic heterocycles. The Balaban J connectivity index is 1.38. The average Bonchev–Trinajstić information content (AvgIpc) is 3.56. The number of nitrogens with zero attached hydrogens (tertiary/aromatic N) is 3. The van der Waals surface area contributed by atoms with Crippen molar-refractivity contribution >= 4 is 38.2 Å². The van der Waals surface area contributed by atoms with Crippen molar-refractivity contribution in [1.82, 2.24) is 14.1 Å². The van der Waals surface area contributed by atoms with Crippen molar-refractivity contribution in [2.75, 3.05) is 38.0 Å². The maximum atomic E-state index is 13.5. The van der Waals surface area contributed by atoms with Crippen molar-refractivity contribution < 1.29 is 18.0 Å². The Labute approximate surface area is 223 Å². The zero-order chi connectivity index (χ0) is 26.2. The van der Waals surface area contributed by atoms with Gasteiger partial charge in [0, 0.05) is 49.2 Å². The first-order valence-electron chi connectivity index (χ1n) is 13.4. The first-order valence-corrected chi connectivity index (χ1v) is 15.6. The van der Waals surface area contributed by atoms with Crippen molar-refractivity contribution in [3.8, 4) is 0 Å². The van der Waals surface area contributed by atoms with Crippen LogP contribution in [0.15, 0.2) is 29.2 Å². The van der Waals surface area contributed by atoms with Gasteiger partial charge >= 0.3 is 0 Å². The fraction of sp³-hybridized carbons (Fsp3) is 0.556. The maximum Gasteiger partial charge on any atom is 0.257 e. The van der Waals surface area contributed by atoms with Crippen LogP contribution in [-0.4, -0.2) is 73.1 Å². The Hall–Kier alpha value is -2.27. The molecule has 1 atom stereocenters. The number of amides is 2. The van der Waals surface area contributed by atoms with Crippen LogP contribution in [0.25, 0.3) is 0 Å². The number of likely N-dealkylation sites (N-methyl/N-ethyl adjacent to an activating group) is 1. The number of piperidine rings is 1. The Morgan fingerprint density at radius 3 is 2.41 bits per heavy atom. The minimum Gasteiger partial charge on any atom is -0.339 e. The van der Waals surface area contributed by atoms with E-state index in [2.05, 4.69) is 17.1 Å². The zero-order valence-corrected chi connectivity index (χ0v) is 23.3. The monoisotopic (exact) mass is 544 g/mol. The lowest BCUT2D eigenvalue weighted by atomic mass is 10.0. The predicted octanol–water partition coefficient (Wildman–Crippen LogP) is 4.18. The van der Waals surface area contributed by atoms with Gasteiger partial charge in [-0.05, 0) is 75.4 Å². The highest BCUT2D eigenvalue weighted by Crippen LogP contribution is 2.38. The number of anilines is 1. The second-order valence-electron chi connectivity index (χ2n) is 10.3. The second-order valence-corrected chi connectivity index (χ2v) is 13.3. The van der Waals surface area contributed by atoms with Gasteiger partial charge in [0.05, 0.1) is 10.5 Å². The van der Waals surface area contributed by atoms with E-state index in [0.29, 0.717) is 22.7 Å². The molecular weight excluding hydrogens is 508 g/mol. The molecule has 8 nitrogen and oxygen atoms in total. The molecule has 0 spiro atoms. The fourth-order valence-electron chi connectivity index (χ4n) is 5.64. The lowest BCUT2D eigenvalue weighted by Gasteiger charge is -2.32. The van der Waals surface area contributed by atoms with E-state index in [-0.39, 0.29) is 22.8 Å². The van der Waals surface area contributed by atoms with Gasteiger partial charge in [-0.25, -0.2) is 8.42 Å². The third-order valence-corrected chi connectivity index (χ3v) is 11.0. The number of likely N-dealkylation sites (tertiary alicyclic amines) is 1. The van der Waals surface area contributed by atoms with Gasteiger partial charge in [-0.2, -0.15) is 4.31 Å². The highest BCUT2D eigenvalue weighted by atomic mass is 32.2. The number of thiophene rings is 1. The summed E-state index contributed by atoms with van der Waals surface area (Å²) in [4.78, 5) is 32.3. The fourth-order valence-corrected chi connectivity index (χ4v) is 8.61. The molecule has 37 heavy (non-hydrogen) atoms. The largest absolute Gasteiger partial charge is 0.339 e. The van der Waals surface area contributed by atoms with Crippen molar-refractivity contribution in [3.63, 3.8) is 0 Å². The summed E-state index contributed by atoms with van der Waals surface area (Å²) in [7, 11) is -3.60. The Morgan fingerprint density at radius 2 is 1.73 bits per heavy atom. The molecule has 10 heteroatoms. The molecule has 200 valence electrons.